The first-order chi connectivity index (χ1) is 11.0. The summed E-state index contributed by atoms with van der Waals surface area (Å²) in [6, 6.07) is 5.98. The Hall–Kier alpha value is -1.88. The molecule has 1 aromatic carbocycles. The van der Waals surface area contributed by atoms with Crippen LogP contribution in [0.25, 0.3) is 0 Å². The van der Waals surface area contributed by atoms with E-state index >= 15 is 0 Å². The third-order valence-electron chi connectivity index (χ3n) is 4.20. The van der Waals surface area contributed by atoms with Crippen LogP contribution >= 0.6 is 0 Å². The molecule has 0 aromatic heterocycles. The number of rotatable bonds is 8. The molecular formula is C18H26N2O3. The van der Waals surface area contributed by atoms with Crippen molar-refractivity contribution in [2.24, 2.45) is 5.92 Å². The molecular weight excluding hydrogens is 292 g/mol. The van der Waals surface area contributed by atoms with E-state index in [4.69, 9.17) is 0 Å². The van der Waals surface area contributed by atoms with Crippen LogP contribution in [-0.4, -0.2) is 29.6 Å². The number of anilines is 1. The highest BCUT2D eigenvalue weighted by molar-refractivity contribution is 5.99. The second kappa shape index (κ2) is 8.11. The van der Waals surface area contributed by atoms with Gasteiger partial charge in [0.15, 0.2) is 0 Å². The summed E-state index contributed by atoms with van der Waals surface area (Å²) in [6.07, 6.45) is 2.75. The Morgan fingerprint density at radius 1 is 1.39 bits per heavy atom. The predicted octanol–water partition coefficient (Wildman–Crippen LogP) is 2.03. The Morgan fingerprint density at radius 3 is 2.91 bits per heavy atom. The van der Waals surface area contributed by atoms with Crippen molar-refractivity contribution in [3.63, 3.8) is 0 Å². The van der Waals surface area contributed by atoms with Crippen LogP contribution < -0.4 is 10.6 Å². The lowest BCUT2D eigenvalue weighted by atomic mass is 10.0. The summed E-state index contributed by atoms with van der Waals surface area (Å²) in [6.45, 7) is 4.45. The Balaban J connectivity index is 1.66. The van der Waals surface area contributed by atoms with Gasteiger partial charge in [-0.3, -0.25) is 9.59 Å². The number of aryl methyl sites for hydroxylation is 1. The number of aliphatic hydroxyl groups is 1. The molecule has 1 aliphatic heterocycles. The van der Waals surface area contributed by atoms with Crippen LogP contribution in [0.3, 0.4) is 0 Å². The monoisotopic (exact) mass is 318 g/mol. The number of amides is 2. The fourth-order valence-corrected chi connectivity index (χ4v) is 2.67. The lowest BCUT2D eigenvalue weighted by Gasteiger charge is -2.14. The van der Waals surface area contributed by atoms with Gasteiger partial charge in [-0.1, -0.05) is 26.0 Å². The van der Waals surface area contributed by atoms with E-state index in [1.807, 2.05) is 32.0 Å². The molecule has 1 unspecified atom stereocenters. The van der Waals surface area contributed by atoms with Crippen molar-refractivity contribution in [1.29, 1.82) is 0 Å². The molecule has 1 atom stereocenters. The molecule has 0 spiro atoms. The van der Waals surface area contributed by atoms with Gasteiger partial charge >= 0.3 is 0 Å². The molecule has 1 heterocycles. The fraction of sp³-hybridized carbons (Fsp3) is 0.556. The number of benzene rings is 1. The smallest absolute Gasteiger partial charge is 0.228 e. The highest BCUT2D eigenvalue weighted by Gasteiger charge is 2.17. The van der Waals surface area contributed by atoms with Crippen LogP contribution in [-0.2, 0) is 22.4 Å². The zero-order chi connectivity index (χ0) is 16.8. The SMILES string of the molecule is CC(C)C(O)CCNC(=O)CCCc1ccc2c(c1)CC(=O)N2. The van der Waals surface area contributed by atoms with Crippen molar-refractivity contribution in [3.8, 4) is 0 Å². The summed E-state index contributed by atoms with van der Waals surface area (Å²) in [5, 5.41) is 15.3. The maximum absolute atomic E-state index is 11.8. The molecule has 0 aliphatic carbocycles. The third-order valence-corrected chi connectivity index (χ3v) is 4.20. The maximum atomic E-state index is 11.8. The van der Waals surface area contributed by atoms with Crippen LogP contribution in [0.2, 0.25) is 0 Å². The first-order valence-electron chi connectivity index (χ1n) is 8.32. The molecule has 5 nitrogen and oxygen atoms in total. The van der Waals surface area contributed by atoms with Gasteiger partial charge in [-0.15, -0.1) is 0 Å². The summed E-state index contributed by atoms with van der Waals surface area (Å²) < 4.78 is 0. The van der Waals surface area contributed by atoms with Gasteiger partial charge < -0.3 is 15.7 Å². The van der Waals surface area contributed by atoms with E-state index in [-0.39, 0.29) is 23.8 Å². The van der Waals surface area contributed by atoms with Gasteiger partial charge in [-0.25, -0.2) is 0 Å². The second-order valence-corrected chi connectivity index (χ2v) is 6.52. The van der Waals surface area contributed by atoms with Crippen LogP contribution in [0, 0.1) is 5.92 Å². The first kappa shape index (κ1) is 17.5. The van der Waals surface area contributed by atoms with E-state index in [2.05, 4.69) is 10.6 Å². The normalized spacial score (nSPS) is 14.5. The molecule has 2 amide bonds. The van der Waals surface area contributed by atoms with Crippen LogP contribution in [0.5, 0.6) is 0 Å². The van der Waals surface area contributed by atoms with Crippen LogP contribution in [0.4, 0.5) is 5.69 Å². The van der Waals surface area contributed by atoms with E-state index in [0.29, 0.717) is 25.8 Å². The van der Waals surface area contributed by atoms with E-state index in [1.54, 1.807) is 0 Å². The number of hydrogen-bond acceptors (Lipinski definition) is 3. The minimum atomic E-state index is -0.363. The summed E-state index contributed by atoms with van der Waals surface area (Å²) in [4.78, 5) is 23.1. The van der Waals surface area contributed by atoms with Gasteiger partial charge in [-0.05, 0) is 42.4 Å². The van der Waals surface area contributed by atoms with Crippen LogP contribution in [0.1, 0.15) is 44.2 Å². The van der Waals surface area contributed by atoms with Crippen molar-refractivity contribution in [2.75, 3.05) is 11.9 Å². The minimum absolute atomic E-state index is 0.0268. The number of carbonyl (C=O) groups excluding carboxylic acids is 2. The van der Waals surface area contributed by atoms with Crippen molar-refractivity contribution in [1.82, 2.24) is 5.32 Å². The highest BCUT2D eigenvalue weighted by Crippen LogP contribution is 2.24. The Kier molecular flexibility index (Phi) is 6.16. The molecule has 1 aromatic rings. The van der Waals surface area contributed by atoms with Crippen LogP contribution in [0.15, 0.2) is 18.2 Å². The van der Waals surface area contributed by atoms with Gasteiger partial charge in [0.25, 0.3) is 0 Å². The third kappa shape index (κ3) is 5.36. The molecule has 0 fully saturated rings. The average Bonchev–Trinajstić information content (AvgIpc) is 2.86. The molecule has 126 valence electrons. The summed E-state index contributed by atoms with van der Waals surface area (Å²) >= 11 is 0. The van der Waals surface area contributed by atoms with Gasteiger partial charge in [-0.2, -0.15) is 0 Å². The molecule has 23 heavy (non-hydrogen) atoms. The molecule has 1 aliphatic rings. The molecule has 0 saturated heterocycles. The van der Waals surface area contributed by atoms with E-state index < -0.39 is 0 Å². The summed E-state index contributed by atoms with van der Waals surface area (Å²) in [5.41, 5.74) is 3.10. The molecule has 0 bridgehead atoms. The standard InChI is InChI=1S/C18H26N2O3/c1-12(2)16(21)8-9-19-17(22)5-3-4-13-6-7-15-14(10-13)11-18(23)20-15/h6-7,10,12,16,21H,3-5,8-9,11H2,1-2H3,(H,19,22)(H,20,23). The number of aliphatic hydroxyl groups excluding tert-OH is 1. The number of fused-ring (bicyclic) bond motifs is 1. The van der Waals surface area contributed by atoms with Gasteiger partial charge in [0.1, 0.15) is 0 Å². The topological polar surface area (TPSA) is 78.4 Å². The zero-order valence-electron chi connectivity index (χ0n) is 13.9. The van der Waals surface area contributed by atoms with Crippen molar-refractivity contribution in [2.45, 2.75) is 52.1 Å². The van der Waals surface area contributed by atoms with Gasteiger partial charge in [0, 0.05) is 18.7 Å². The van der Waals surface area contributed by atoms with Gasteiger partial charge in [0.2, 0.25) is 11.8 Å². The Bertz CT molecular complexity index is 569. The quantitative estimate of drug-likeness (QED) is 0.686. The fourth-order valence-electron chi connectivity index (χ4n) is 2.67. The lowest BCUT2D eigenvalue weighted by molar-refractivity contribution is -0.121. The molecule has 2 rings (SSSR count). The van der Waals surface area contributed by atoms with Gasteiger partial charge in [0.05, 0.1) is 12.5 Å². The molecule has 5 heteroatoms. The summed E-state index contributed by atoms with van der Waals surface area (Å²) in [7, 11) is 0. The van der Waals surface area contributed by atoms with E-state index in [0.717, 1.165) is 29.7 Å². The molecule has 3 N–H and O–H groups in total. The maximum Gasteiger partial charge on any atom is 0.228 e. The van der Waals surface area contributed by atoms with Crippen molar-refractivity contribution in [3.05, 3.63) is 29.3 Å². The molecule has 0 saturated carbocycles. The van der Waals surface area contributed by atoms with E-state index in [9.17, 15) is 14.7 Å². The van der Waals surface area contributed by atoms with E-state index in [1.165, 1.54) is 0 Å². The zero-order valence-corrected chi connectivity index (χ0v) is 13.9. The first-order valence-corrected chi connectivity index (χ1v) is 8.32. The lowest BCUT2D eigenvalue weighted by Crippen LogP contribution is -2.28. The Morgan fingerprint density at radius 2 is 2.17 bits per heavy atom. The number of hydrogen-bond donors (Lipinski definition) is 3. The highest BCUT2D eigenvalue weighted by atomic mass is 16.3. The number of nitrogens with one attached hydrogen (secondary N) is 2. The van der Waals surface area contributed by atoms with Crippen molar-refractivity contribution >= 4 is 17.5 Å². The Labute approximate surface area is 137 Å². The largest absolute Gasteiger partial charge is 0.393 e. The number of carbonyl (C=O) groups is 2. The minimum Gasteiger partial charge on any atom is -0.393 e. The summed E-state index contributed by atoms with van der Waals surface area (Å²) in [5.74, 6) is 0.284. The molecule has 0 radical (unpaired) electrons. The average molecular weight is 318 g/mol. The second-order valence-electron chi connectivity index (χ2n) is 6.52. The predicted molar refractivity (Wildman–Crippen MR) is 90.2 cm³/mol. The van der Waals surface area contributed by atoms with Crippen molar-refractivity contribution < 1.29 is 14.7 Å².